The minimum atomic E-state index is -0.169. The highest BCUT2D eigenvalue weighted by atomic mass is 79.9. The van der Waals surface area contributed by atoms with E-state index in [0.717, 1.165) is 17.3 Å². The van der Waals surface area contributed by atoms with Crippen molar-refractivity contribution in [3.8, 4) is 0 Å². The van der Waals surface area contributed by atoms with Crippen LogP contribution in [0.1, 0.15) is 37.7 Å². The van der Waals surface area contributed by atoms with Gasteiger partial charge in [0.05, 0.1) is 0 Å². The molecule has 1 aromatic carbocycles. The van der Waals surface area contributed by atoms with Crippen molar-refractivity contribution in [2.45, 2.75) is 44.6 Å². The molecule has 3 heteroatoms. The van der Waals surface area contributed by atoms with Crippen LogP contribution in [0.15, 0.2) is 34.3 Å². The summed E-state index contributed by atoms with van der Waals surface area (Å²) in [6, 6.07) is 5.20. The van der Waals surface area contributed by atoms with Crippen molar-refractivity contribution in [2.24, 2.45) is 5.73 Å². The minimum absolute atomic E-state index is 0.0185. The lowest BCUT2D eigenvalue weighted by Gasteiger charge is -2.17. The number of allylic oxidation sites excluding steroid dienone is 1. The highest BCUT2D eigenvalue weighted by Crippen LogP contribution is 2.23. The fourth-order valence-corrected chi connectivity index (χ4v) is 2.80. The minimum Gasteiger partial charge on any atom is -0.327 e. The van der Waals surface area contributed by atoms with E-state index in [-0.39, 0.29) is 11.9 Å². The van der Waals surface area contributed by atoms with E-state index in [1.165, 1.54) is 30.9 Å². The van der Waals surface area contributed by atoms with E-state index in [0.29, 0.717) is 12.0 Å². The zero-order valence-corrected chi connectivity index (χ0v) is 12.0. The summed E-state index contributed by atoms with van der Waals surface area (Å²) in [6.07, 6.45) is 8.71. The van der Waals surface area contributed by atoms with Crippen molar-refractivity contribution in [1.29, 1.82) is 0 Å². The lowest BCUT2D eigenvalue weighted by atomic mass is 9.92. The first kappa shape index (κ1) is 13.8. The Bertz CT molecular complexity index is 442. The summed E-state index contributed by atoms with van der Waals surface area (Å²) >= 11 is 3.26. The maximum Gasteiger partial charge on any atom is 0.127 e. The highest BCUT2D eigenvalue weighted by Gasteiger charge is 2.12. The maximum absolute atomic E-state index is 13.7. The maximum atomic E-state index is 13.7. The average Bonchev–Trinajstić information content (AvgIpc) is 2.34. The molecule has 0 spiro atoms. The first-order chi connectivity index (χ1) is 8.65. The molecule has 18 heavy (non-hydrogen) atoms. The second-order valence-corrected chi connectivity index (χ2v) is 5.93. The van der Waals surface area contributed by atoms with Crippen LogP contribution in [-0.2, 0) is 6.42 Å². The van der Waals surface area contributed by atoms with Crippen LogP contribution in [-0.4, -0.2) is 6.04 Å². The predicted molar refractivity (Wildman–Crippen MR) is 76.9 cm³/mol. The first-order valence-electron chi connectivity index (χ1n) is 6.52. The number of nitrogens with two attached hydrogens (primary N) is 1. The Morgan fingerprint density at radius 2 is 2.11 bits per heavy atom. The van der Waals surface area contributed by atoms with Crippen LogP contribution < -0.4 is 5.73 Å². The van der Waals surface area contributed by atoms with Crippen molar-refractivity contribution in [2.75, 3.05) is 0 Å². The van der Waals surface area contributed by atoms with Gasteiger partial charge in [0.25, 0.3) is 0 Å². The van der Waals surface area contributed by atoms with E-state index >= 15 is 0 Å². The summed E-state index contributed by atoms with van der Waals surface area (Å²) < 4.78 is 14.5. The molecule has 1 aliphatic carbocycles. The summed E-state index contributed by atoms with van der Waals surface area (Å²) in [7, 11) is 0. The van der Waals surface area contributed by atoms with Gasteiger partial charge in [-0.2, -0.15) is 0 Å². The molecular weight excluding hydrogens is 293 g/mol. The molecule has 0 heterocycles. The normalized spacial score (nSPS) is 17.4. The SMILES string of the molecule is NC(CC1=CCCCC1)Cc1ccc(Br)cc1F. The quantitative estimate of drug-likeness (QED) is 0.822. The van der Waals surface area contributed by atoms with Crippen LogP contribution in [0.4, 0.5) is 4.39 Å². The second kappa shape index (κ2) is 6.48. The van der Waals surface area contributed by atoms with Gasteiger partial charge in [-0.15, -0.1) is 0 Å². The van der Waals surface area contributed by atoms with E-state index in [1.807, 2.05) is 12.1 Å². The van der Waals surface area contributed by atoms with Gasteiger partial charge < -0.3 is 5.73 Å². The fraction of sp³-hybridized carbons (Fsp3) is 0.467. The summed E-state index contributed by atoms with van der Waals surface area (Å²) in [4.78, 5) is 0. The number of hydrogen-bond acceptors (Lipinski definition) is 1. The van der Waals surface area contributed by atoms with Gasteiger partial charge >= 0.3 is 0 Å². The molecule has 0 amide bonds. The highest BCUT2D eigenvalue weighted by molar-refractivity contribution is 9.10. The fourth-order valence-electron chi connectivity index (χ4n) is 2.47. The van der Waals surface area contributed by atoms with Crippen molar-refractivity contribution in [3.63, 3.8) is 0 Å². The molecule has 0 aromatic heterocycles. The van der Waals surface area contributed by atoms with Gasteiger partial charge in [-0.05, 0) is 56.2 Å². The third-order valence-corrected chi connectivity index (χ3v) is 3.90. The molecule has 1 nitrogen and oxygen atoms in total. The third kappa shape index (κ3) is 3.92. The molecule has 0 bridgehead atoms. The van der Waals surface area contributed by atoms with Crippen molar-refractivity contribution in [3.05, 3.63) is 45.7 Å². The van der Waals surface area contributed by atoms with Crippen LogP contribution in [0.25, 0.3) is 0 Å². The van der Waals surface area contributed by atoms with Crippen molar-refractivity contribution >= 4 is 15.9 Å². The van der Waals surface area contributed by atoms with E-state index in [4.69, 9.17) is 5.73 Å². The van der Waals surface area contributed by atoms with Crippen LogP contribution in [0.2, 0.25) is 0 Å². The molecule has 0 saturated heterocycles. The molecule has 0 saturated carbocycles. The van der Waals surface area contributed by atoms with Gasteiger partial charge in [0.1, 0.15) is 5.82 Å². The zero-order valence-electron chi connectivity index (χ0n) is 10.5. The second-order valence-electron chi connectivity index (χ2n) is 5.01. The summed E-state index contributed by atoms with van der Waals surface area (Å²) in [5.74, 6) is -0.169. The van der Waals surface area contributed by atoms with E-state index in [2.05, 4.69) is 22.0 Å². The molecule has 0 fully saturated rings. The molecule has 1 aliphatic rings. The third-order valence-electron chi connectivity index (χ3n) is 3.41. The van der Waals surface area contributed by atoms with Crippen LogP contribution in [0.3, 0.4) is 0 Å². The molecule has 1 unspecified atom stereocenters. The molecule has 1 atom stereocenters. The van der Waals surface area contributed by atoms with E-state index in [9.17, 15) is 4.39 Å². The van der Waals surface area contributed by atoms with Gasteiger partial charge in [0, 0.05) is 10.5 Å². The number of halogens is 2. The molecule has 1 aromatic rings. The average molecular weight is 312 g/mol. The Hall–Kier alpha value is -0.670. The van der Waals surface area contributed by atoms with Gasteiger partial charge in [0.15, 0.2) is 0 Å². The Morgan fingerprint density at radius 1 is 1.28 bits per heavy atom. The van der Waals surface area contributed by atoms with Gasteiger partial charge in [-0.1, -0.05) is 33.6 Å². The molecule has 98 valence electrons. The van der Waals surface area contributed by atoms with Crippen molar-refractivity contribution < 1.29 is 4.39 Å². The lowest BCUT2D eigenvalue weighted by molar-refractivity contribution is 0.569. The molecule has 0 radical (unpaired) electrons. The molecular formula is C15H19BrFN. The smallest absolute Gasteiger partial charge is 0.127 e. The summed E-state index contributed by atoms with van der Waals surface area (Å²) in [5, 5.41) is 0. The van der Waals surface area contributed by atoms with Crippen LogP contribution >= 0.6 is 15.9 Å². The van der Waals surface area contributed by atoms with Crippen LogP contribution in [0.5, 0.6) is 0 Å². The Kier molecular flexibility index (Phi) is 4.95. The van der Waals surface area contributed by atoms with Gasteiger partial charge in [0.2, 0.25) is 0 Å². The van der Waals surface area contributed by atoms with Gasteiger partial charge in [-0.25, -0.2) is 4.39 Å². The largest absolute Gasteiger partial charge is 0.327 e. The zero-order chi connectivity index (χ0) is 13.0. The Labute approximate surface area is 116 Å². The lowest BCUT2D eigenvalue weighted by Crippen LogP contribution is -2.24. The van der Waals surface area contributed by atoms with Crippen LogP contribution in [0, 0.1) is 5.82 Å². The Morgan fingerprint density at radius 3 is 2.78 bits per heavy atom. The molecule has 2 N–H and O–H groups in total. The number of rotatable bonds is 4. The summed E-state index contributed by atoms with van der Waals surface area (Å²) in [5.41, 5.74) is 8.28. The van der Waals surface area contributed by atoms with E-state index < -0.39 is 0 Å². The predicted octanol–water partition coefficient (Wildman–Crippen LogP) is 4.35. The molecule has 0 aliphatic heterocycles. The monoisotopic (exact) mass is 311 g/mol. The van der Waals surface area contributed by atoms with E-state index in [1.54, 1.807) is 0 Å². The number of benzene rings is 1. The van der Waals surface area contributed by atoms with Gasteiger partial charge in [-0.3, -0.25) is 0 Å². The summed E-state index contributed by atoms with van der Waals surface area (Å²) in [6.45, 7) is 0. The molecule has 2 rings (SSSR count). The standard InChI is InChI=1S/C15H19BrFN/c16-13-7-6-12(15(17)10-13)9-14(18)8-11-4-2-1-3-5-11/h4,6-7,10,14H,1-3,5,8-9,18H2. The number of hydrogen-bond donors (Lipinski definition) is 1. The Balaban J connectivity index is 1.94. The van der Waals surface area contributed by atoms with Crippen molar-refractivity contribution in [1.82, 2.24) is 0 Å². The topological polar surface area (TPSA) is 26.0 Å². The first-order valence-corrected chi connectivity index (χ1v) is 7.32.